The minimum absolute atomic E-state index is 0.443. The largest absolute Gasteiger partial charge is 0.356 e. The topological polar surface area (TPSA) is 45.5 Å². The normalized spacial score (nSPS) is 21.0. The van der Waals surface area contributed by atoms with Crippen molar-refractivity contribution in [1.29, 1.82) is 0 Å². The molecule has 0 spiro atoms. The highest BCUT2D eigenvalue weighted by Crippen LogP contribution is 2.27. The predicted octanol–water partition coefficient (Wildman–Crippen LogP) is 3.63. The van der Waals surface area contributed by atoms with E-state index in [1.807, 2.05) is 31.7 Å². The van der Waals surface area contributed by atoms with Crippen LogP contribution in [0, 0.1) is 5.92 Å². The quantitative estimate of drug-likeness (QED) is 0.494. The average molecular weight is 374 g/mol. The van der Waals surface area contributed by atoms with Crippen LogP contribution in [0.25, 0.3) is 0 Å². The van der Waals surface area contributed by atoms with E-state index in [9.17, 15) is 0 Å². The lowest BCUT2D eigenvalue weighted by molar-refractivity contribution is 0.189. The van der Waals surface area contributed by atoms with Crippen LogP contribution in [0.15, 0.2) is 48.0 Å². The molecule has 1 saturated heterocycles. The number of nitrogens with zero attached hydrogens (tertiary/aromatic N) is 4. The Kier molecular flexibility index (Phi) is 6.56. The number of hydrogen-bond acceptors (Lipinski definition) is 2. The van der Waals surface area contributed by atoms with Crippen molar-refractivity contribution in [2.45, 2.75) is 32.2 Å². The number of aliphatic imine (C=N–C) groups is 1. The number of hydrogen-bond donors (Lipinski definition) is 1. The smallest absolute Gasteiger partial charge is 0.193 e. The first-order valence-corrected chi connectivity index (χ1v) is 9.72. The van der Waals surface area contributed by atoms with Gasteiger partial charge in [0.05, 0.1) is 12.4 Å². The van der Waals surface area contributed by atoms with Crippen LogP contribution < -0.4 is 5.32 Å². The van der Waals surface area contributed by atoms with E-state index in [1.165, 1.54) is 5.56 Å². The van der Waals surface area contributed by atoms with Gasteiger partial charge >= 0.3 is 0 Å². The second kappa shape index (κ2) is 9.08. The third kappa shape index (κ3) is 4.79. The van der Waals surface area contributed by atoms with Gasteiger partial charge in [0.25, 0.3) is 0 Å². The van der Waals surface area contributed by atoms with Crippen molar-refractivity contribution in [3.63, 3.8) is 0 Å². The van der Waals surface area contributed by atoms with Crippen LogP contribution in [0.3, 0.4) is 0 Å². The van der Waals surface area contributed by atoms with E-state index in [2.05, 4.69) is 50.0 Å². The number of guanidine groups is 1. The maximum absolute atomic E-state index is 5.94. The molecule has 1 aromatic carbocycles. The first kappa shape index (κ1) is 18.8. The van der Waals surface area contributed by atoms with Crippen LogP contribution in [0.1, 0.15) is 31.4 Å². The number of benzene rings is 1. The number of piperidine rings is 1. The summed E-state index contributed by atoms with van der Waals surface area (Å²) in [5.74, 6) is 1.64. The summed E-state index contributed by atoms with van der Waals surface area (Å²) in [6.45, 7) is 5.25. The van der Waals surface area contributed by atoms with Crippen molar-refractivity contribution in [3.8, 4) is 0 Å². The Morgan fingerprint density at radius 3 is 2.85 bits per heavy atom. The van der Waals surface area contributed by atoms with Crippen LogP contribution in [-0.4, -0.2) is 47.1 Å². The summed E-state index contributed by atoms with van der Waals surface area (Å²) in [5.41, 5.74) is 1.32. The Morgan fingerprint density at radius 2 is 2.15 bits per heavy atom. The van der Waals surface area contributed by atoms with E-state index < -0.39 is 0 Å². The molecule has 0 bridgehead atoms. The standard InChI is InChI=1S/C20H28ClN5/c1-16-9-12-25(14-19(16)26-13-11-23-15-26)20(22-2)24-10-3-4-17-5-7-18(21)8-6-17/h5-8,11,13,15-16,19H,3-4,9-10,12,14H2,1-2H3,(H,22,24). The van der Waals surface area contributed by atoms with Crippen molar-refractivity contribution < 1.29 is 0 Å². The Labute approximate surface area is 161 Å². The van der Waals surface area contributed by atoms with E-state index in [4.69, 9.17) is 11.6 Å². The van der Waals surface area contributed by atoms with E-state index >= 15 is 0 Å². The summed E-state index contributed by atoms with van der Waals surface area (Å²) in [5, 5.41) is 4.32. The van der Waals surface area contributed by atoms with Crippen LogP contribution in [0.5, 0.6) is 0 Å². The molecule has 0 aliphatic carbocycles. The molecule has 1 aliphatic heterocycles. The zero-order chi connectivity index (χ0) is 18.4. The first-order chi connectivity index (χ1) is 12.7. The summed E-state index contributed by atoms with van der Waals surface area (Å²) in [4.78, 5) is 11.1. The maximum Gasteiger partial charge on any atom is 0.193 e. The Hall–Kier alpha value is -2.01. The number of aromatic nitrogens is 2. The molecule has 2 atom stereocenters. The lowest BCUT2D eigenvalue weighted by atomic mass is 9.93. The molecular weight excluding hydrogens is 346 g/mol. The fourth-order valence-electron chi connectivity index (χ4n) is 3.57. The van der Waals surface area contributed by atoms with Crippen LogP contribution in [0.2, 0.25) is 5.02 Å². The molecule has 140 valence electrons. The summed E-state index contributed by atoms with van der Waals surface area (Å²) < 4.78 is 2.23. The van der Waals surface area contributed by atoms with Crippen molar-refractivity contribution in [2.75, 3.05) is 26.7 Å². The van der Waals surface area contributed by atoms with E-state index in [0.717, 1.165) is 49.9 Å². The van der Waals surface area contributed by atoms with Gasteiger partial charge in [0.1, 0.15) is 0 Å². The summed E-state index contributed by atoms with van der Waals surface area (Å²) in [6.07, 6.45) is 9.11. The Bertz CT molecular complexity index is 696. The molecule has 2 unspecified atom stereocenters. The van der Waals surface area contributed by atoms with Gasteiger partial charge in [-0.2, -0.15) is 0 Å². The number of halogens is 1. The minimum atomic E-state index is 0.443. The van der Waals surface area contributed by atoms with E-state index in [-0.39, 0.29) is 0 Å². The van der Waals surface area contributed by atoms with Crippen molar-refractivity contribution in [3.05, 3.63) is 53.6 Å². The number of imidazole rings is 1. The van der Waals surface area contributed by atoms with Crippen molar-refractivity contribution in [2.24, 2.45) is 10.9 Å². The summed E-state index contributed by atoms with van der Waals surface area (Å²) in [7, 11) is 1.87. The monoisotopic (exact) mass is 373 g/mol. The fraction of sp³-hybridized carbons (Fsp3) is 0.500. The third-order valence-electron chi connectivity index (χ3n) is 5.18. The summed E-state index contributed by atoms with van der Waals surface area (Å²) in [6, 6.07) is 8.54. The molecule has 0 saturated carbocycles. The highest BCUT2D eigenvalue weighted by molar-refractivity contribution is 6.30. The molecular formula is C20H28ClN5. The van der Waals surface area contributed by atoms with E-state index in [0.29, 0.717) is 12.0 Å². The fourth-order valence-corrected chi connectivity index (χ4v) is 3.70. The molecule has 1 aromatic heterocycles. The molecule has 2 aromatic rings. The SMILES string of the molecule is CN=C(NCCCc1ccc(Cl)cc1)N1CCC(C)C(n2ccnc2)C1. The second-order valence-corrected chi connectivity index (χ2v) is 7.43. The van der Waals surface area contributed by atoms with Gasteiger partial charge in [0.2, 0.25) is 0 Å². The number of rotatable bonds is 5. The highest BCUT2D eigenvalue weighted by atomic mass is 35.5. The van der Waals surface area contributed by atoms with E-state index in [1.54, 1.807) is 0 Å². The highest BCUT2D eigenvalue weighted by Gasteiger charge is 2.28. The molecule has 0 radical (unpaired) electrons. The first-order valence-electron chi connectivity index (χ1n) is 9.35. The van der Waals surface area contributed by atoms with Gasteiger partial charge in [0.15, 0.2) is 5.96 Å². The lowest BCUT2D eigenvalue weighted by Crippen LogP contribution is -2.49. The molecule has 5 nitrogen and oxygen atoms in total. The van der Waals surface area contributed by atoms with Crippen molar-refractivity contribution >= 4 is 17.6 Å². The Morgan fingerprint density at radius 1 is 1.35 bits per heavy atom. The van der Waals surface area contributed by atoms with Gasteiger partial charge in [-0.1, -0.05) is 30.7 Å². The molecule has 0 amide bonds. The molecule has 3 rings (SSSR count). The lowest BCUT2D eigenvalue weighted by Gasteiger charge is -2.39. The van der Waals surface area contributed by atoms with Gasteiger partial charge in [-0.25, -0.2) is 4.98 Å². The molecule has 6 heteroatoms. The molecule has 1 fully saturated rings. The third-order valence-corrected chi connectivity index (χ3v) is 5.43. The van der Waals surface area contributed by atoms with Gasteiger partial charge in [-0.15, -0.1) is 0 Å². The van der Waals surface area contributed by atoms with Crippen LogP contribution in [-0.2, 0) is 6.42 Å². The second-order valence-electron chi connectivity index (χ2n) is 6.99. The van der Waals surface area contributed by atoms with Crippen LogP contribution >= 0.6 is 11.6 Å². The number of likely N-dealkylation sites (tertiary alicyclic amines) is 1. The molecule has 1 aliphatic rings. The number of nitrogens with one attached hydrogen (secondary N) is 1. The summed E-state index contributed by atoms with van der Waals surface area (Å²) >= 11 is 5.94. The van der Waals surface area contributed by atoms with Gasteiger partial charge < -0.3 is 14.8 Å². The zero-order valence-corrected chi connectivity index (χ0v) is 16.4. The van der Waals surface area contributed by atoms with Crippen molar-refractivity contribution in [1.82, 2.24) is 19.8 Å². The maximum atomic E-state index is 5.94. The zero-order valence-electron chi connectivity index (χ0n) is 15.6. The van der Waals surface area contributed by atoms with Gasteiger partial charge in [-0.3, -0.25) is 4.99 Å². The average Bonchev–Trinajstić information content (AvgIpc) is 3.18. The molecule has 1 N–H and O–H groups in total. The Balaban J connectivity index is 1.49. The molecule has 2 heterocycles. The predicted molar refractivity (Wildman–Crippen MR) is 108 cm³/mol. The minimum Gasteiger partial charge on any atom is -0.356 e. The number of aryl methyl sites for hydroxylation is 1. The molecule has 26 heavy (non-hydrogen) atoms. The van der Waals surface area contributed by atoms with Gasteiger partial charge in [0, 0.05) is 44.1 Å². The van der Waals surface area contributed by atoms with Gasteiger partial charge in [-0.05, 0) is 42.9 Å². The van der Waals surface area contributed by atoms with Crippen LogP contribution in [0.4, 0.5) is 0 Å².